The molecule has 0 aromatic heterocycles. The molecular formula is C14H14ClFN2O2S. The number of sulfonamides is 1. The van der Waals surface area contributed by atoms with E-state index in [1.54, 1.807) is 32.0 Å². The molecule has 0 amide bonds. The number of benzene rings is 2. The molecule has 0 saturated heterocycles. The van der Waals surface area contributed by atoms with Gasteiger partial charge in [0.15, 0.2) is 5.82 Å². The van der Waals surface area contributed by atoms with Crippen molar-refractivity contribution >= 4 is 33.0 Å². The van der Waals surface area contributed by atoms with Gasteiger partial charge in [-0.25, -0.2) is 12.8 Å². The lowest BCUT2D eigenvalue weighted by atomic mass is 10.1. The van der Waals surface area contributed by atoms with E-state index in [4.69, 9.17) is 17.3 Å². The summed E-state index contributed by atoms with van der Waals surface area (Å²) in [6.07, 6.45) is 0. The third kappa shape index (κ3) is 3.11. The molecule has 4 nitrogen and oxygen atoms in total. The van der Waals surface area contributed by atoms with Crippen LogP contribution in [-0.4, -0.2) is 8.42 Å². The summed E-state index contributed by atoms with van der Waals surface area (Å²) < 4.78 is 41.1. The first-order chi connectivity index (χ1) is 9.72. The van der Waals surface area contributed by atoms with Crippen LogP contribution in [0.3, 0.4) is 0 Å². The summed E-state index contributed by atoms with van der Waals surface area (Å²) in [5.74, 6) is -1.02. The van der Waals surface area contributed by atoms with Gasteiger partial charge in [-0.05, 0) is 37.1 Å². The van der Waals surface area contributed by atoms with E-state index in [2.05, 4.69) is 4.72 Å². The van der Waals surface area contributed by atoms with Gasteiger partial charge < -0.3 is 5.73 Å². The van der Waals surface area contributed by atoms with E-state index in [1.807, 2.05) is 0 Å². The molecule has 0 aliphatic rings. The van der Waals surface area contributed by atoms with Crippen LogP contribution < -0.4 is 10.5 Å². The zero-order valence-electron chi connectivity index (χ0n) is 11.4. The lowest BCUT2D eigenvalue weighted by Crippen LogP contribution is -2.16. The largest absolute Gasteiger partial charge is 0.399 e. The zero-order valence-corrected chi connectivity index (χ0v) is 13.0. The van der Waals surface area contributed by atoms with Gasteiger partial charge in [0.25, 0.3) is 10.0 Å². The Kier molecular flexibility index (Phi) is 4.11. The first-order valence-corrected chi connectivity index (χ1v) is 7.92. The molecule has 0 aliphatic carbocycles. The van der Waals surface area contributed by atoms with E-state index in [-0.39, 0.29) is 10.7 Å². The number of nitrogens with two attached hydrogens (primary N) is 1. The number of rotatable bonds is 3. The smallest absolute Gasteiger partial charge is 0.264 e. The molecule has 7 heteroatoms. The molecule has 0 bridgehead atoms. The molecule has 3 N–H and O–H groups in total. The van der Waals surface area contributed by atoms with Crippen molar-refractivity contribution in [1.82, 2.24) is 0 Å². The average molecular weight is 329 g/mol. The Labute approximate surface area is 127 Å². The second kappa shape index (κ2) is 5.54. The summed E-state index contributed by atoms with van der Waals surface area (Å²) in [4.78, 5) is -0.574. The Balaban J connectivity index is 2.54. The Morgan fingerprint density at radius 2 is 1.76 bits per heavy atom. The molecule has 0 radical (unpaired) electrons. The summed E-state index contributed by atoms with van der Waals surface area (Å²) in [5.41, 5.74) is 7.48. The first kappa shape index (κ1) is 15.6. The minimum absolute atomic E-state index is 0.0725. The second-order valence-electron chi connectivity index (χ2n) is 4.69. The van der Waals surface area contributed by atoms with Crippen LogP contribution in [0.15, 0.2) is 35.2 Å². The van der Waals surface area contributed by atoms with Crippen LogP contribution >= 0.6 is 11.6 Å². The van der Waals surface area contributed by atoms with Gasteiger partial charge in [-0.2, -0.15) is 0 Å². The van der Waals surface area contributed by atoms with Gasteiger partial charge in [-0.3, -0.25) is 4.72 Å². The van der Waals surface area contributed by atoms with E-state index >= 15 is 0 Å². The molecule has 2 aromatic carbocycles. The van der Waals surface area contributed by atoms with Crippen molar-refractivity contribution in [3.05, 3.63) is 52.3 Å². The Hall–Kier alpha value is -1.79. The molecule has 0 spiro atoms. The summed E-state index contributed by atoms with van der Waals surface area (Å²) in [5, 5.41) is -0.336. The number of halogens is 2. The maximum atomic E-state index is 14.0. The zero-order chi connectivity index (χ0) is 15.8. The maximum Gasteiger partial charge on any atom is 0.264 e. The molecule has 21 heavy (non-hydrogen) atoms. The fraction of sp³-hybridized carbons (Fsp3) is 0.143. The summed E-state index contributed by atoms with van der Waals surface area (Å²) in [6, 6.07) is 7.52. The van der Waals surface area contributed by atoms with E-state index in [0.717, 1.165) is 23.3 Å². The van der Waals surface area contributed by atoms with Gasteiger partial charge in [-0.1, -0.05) is 29.8 Å². The van der Waals surface area contributed by atoms with Crippen molar-refractivity contribution in [1.29, 1.82) is 0 Å². The van der Waals surface area contributed by atoms with E-state index in [1.165, 1.54) is 0 Å². The number of hydrogen-bond acceptors (Lipinski definition) is 3. The van der Waals surface area contributed by atoms with Gasteiger partial charge in [0.05, 0.1) is 10.7 Å². The molecular weight excluding hydrogens is 315 g/mol. The Morgan fingerprint density at radius 1 is 1.19 bits per heavy atom. The predicted molar refractivity (Wildman–Crippen MR) is 82.5 cm³/mol. The number of aryl methyl sites for hydroxylation is 2. The Morgan fingerprint density at radius 3 is 2.33 bits per heavy atom. The predicted octanol–water partition coefficient (Wildman–Crippen LogP) is 3.48. The fourth-order valence-corrected chi connectivity index (χ4v) is 3.57. The molecule has 2 rings (SSSR count). The Bertz CT molecular complexity index is 787. The molecule has 0 fully saturated rings. The minimum Gasteiger partial charge on any atom is -0.399 e. The minimum atomic E-state index is -4.12. The summed E-state index contributed by atoms with van der Waals surface area (Å²) in [6.45, 7) is 3.51. The standard InChI is InChI=1S/C14H14ClFN2O2S/c1-8-4-3-5-9(2)14(8)18-21(19,20)12-7-10(17)6-11(15)13(12)16/h3-7,18H,17H2,1-2H3. The quantitative estimate of drug-likeness (QED) is 0.847. The lowest BCUT2D eigenvalue weighted by Gasteiger charge is -2.14. The lowest BCUT2D eigenvalue weighted by molar-refractivity contribution is 0.571. The molecule has 0 atom stereocenters. The van der Waals surface area contributed by atoms with Crippen molar-refractivity contribution in [3.63, 3.8) is 0 Å². The number of anilines is 2. The van der Waals surface area contributed by atoms with Crippen LogP contribution in [0.4, 0.5) is 15.8 Å². The highest BCUT2D eigenvalue weighted by molar-refractivity contribution is 7.92. The number of hydrogen-bond donors (Lipinski definition) is 2. The average Bonchev–Trinajstić information content (AvgIpc) is 2.38. The summed E-state index contributed by atoms with van der Waals surface area (Å²) >= 11 is 5.64. The fourth-order valence-electron chi connectivity index (χ4n) is 1.94. The van der Waals surface area contributed by atoms with Gasteiger partial charge in [0.2, 0.25) is 0 Å². The van der Waals surface area contributed by atoms with Crippen molar-refractivity contribution in [2.24, 2.45) is 0 Å². The molecule has 0 unspecified atom stereocenters. The highest BCUT2D eigenvalue weighted by Crippen LogP contribution is 2.29. The first-order valence-electron chi connectivity index (χ1n) is 6.06. The highest BCUT2D eigenvalue weighted by atomic mass is 35.5. The third-order valence-electron chi connectivity index (χ3n) is 3.02. The molecule has 0 aliphatic heterocycles. The normalized spacial score (nSPS) is 11.4. The van der Waals surface area contributed by atoms with Crippen molar-refractivity contribution < 1.29 is 12.8 Å². The molecule has 112 valence electrons. The van der Waals surface area contributed by atoms with E-state index in [0.29, 0.717) is 5.69 Å². The topological polar surface area (TPSA) is 72.2 Å². The maximum absolute atomic E-state index is 14.0. The van der Waals surface area contributed by atoms with Crippen molar-refractivity contribution in [3.8, 4) is 0 Å². The molecule has 0 heterocycles. The van der Waals surface area contributed by atoms with Gasteiger partial charge in [0, 0.05) is 5.69 Å². The van der Waals surface area contributed by atoms with Crippen LogP contribution in [0.2, 0.25) is 5.02 Å². The highest BCUT2D eigenvalue weighted by Gasteiger charge is 2.23. The van der Waals surface area contributed by atoms with Gasteiger partial charge in [0.1, 0.15) is 4.90 Å². The van der Waals surface area contributed by atoms with Gasteiger partial charge >= 0.3 is 0 Å². The third-order valence-corrected chi connectivity index (χ3v) is 4.65. The number of para-hydroxylation sites is 1. The van der Waals surface area contributed by atoms with Crippen molar-refractivity contribution in [2.75, 3.05) is 10.5 Å². The van der Waals surface area contributed by atoms with Crippen molar-refractivity contribution in [2.45, 2.75) is 18.7 Å². The van der Waals surface area contributed by atoms with Crippen LogP contribution in [0.1, 0.15) is 11.1 Å². The summed E-state index contributed by atoms with van der Waals surface area (Å²) in [7, 11) is -4.12. The molecule has 0 saturated carbocycles. The van der Waals surface area contributed by atoms with Crippen LogP contribution in [0.25, 0.3) is 0 Å². The van der Waals surface area contributed by atoms with Crippen LogP contribution in [0.5, 0.6) is 0 Å². The SMILES string of the molecule is Cc1cccc(C)c1NS(=O)(=O)c1cc(N)cc(Cl)c1F. The van der Waals surface area contributed by atoms with E-state index in [9.17, 15) is 12.8 Å². The van der Waals surface area contributed by atoms with Crippen LogP contribution in [-0.2, 0) is 10.0 Å². The van der Waals surface area contributed by atoms with E-state index < -0.39 is 20.7 Å². The molecule has 2 aromatic rings. The number of nitrogens with one attached hydrogen (secondary N) is 1. The number of nitrogen functional groups attached to an aromatic ring is 1. The van der Waals surface area contributed by atoms with Crippen LogP contribution in [0, 0.1) is 19.7 Å². The second-order valence-corrected chi connectivity index (χ2v) is 6.75. The van der Waals surface area contributed by atoms with Gasteiger partial charge in [-0.15, -0.1) is 0 Å². The monoisotopic (exact) mass is 328 g/mol.